The topological polar surface area (TPSA) is 20.3 Å². The summed E-state index contributed by atoms with van der Waals surface area (Å²) in [6.45, 7) is 6.33. The van der Waals surface area contributed by atoms with E-state index in [1.165, 1.54) is 38.5 Å². The molecule has 0 radical (unpaired) electrons. The van der Waals surface area contributed by atoms with E-state index in [1.807, 2.05) is 0 Å². The van der Waals surface area contributed by atoms with Crippen molar-refractivity contribution >= 4 is 5.91 Å². The van der Waals surface area contributed by atoms with Crippen molar-refractivity contribution in [3.8, 4) is 0 Å². The molecule has 0 aromatic carbocycles. The van der Waals surface area contributed by atoms with E-state index in [2.05, 4.69) is 24.8 Å². The summed E-state index contributed by atoms with van der Waals surface area (Å²) in [4.78, 5) is 14.5. The Labute approximate surface area is 112 Å². The molecule has 0 spiro atoms. The van der Waals surface area contributed by atoms with Crippen molar-refractivity contribution in [1.29, 1.82) is 0 Å². The lowest BCUT2D eigenvalue weighted by molar-refractivity contribution is -0.128. The number of nitrogens with zero attached hydrogens (tertiary/aromatic N) is 1. The van der Waals surface area contributed by atoms with Crippen LogP contribution in [0.3, 0.4) is 0 Å². The summed E-state index contributed by atoms with van der Waals surface area (Å²) < 4.78 is 0. The zero-order valence-corrected chi connectivity index (χ0v) is 12.2. The smallest absolute Gasteiger partial charge is 0.249 e. The Bertz CT molecular complexity index is 264. The van der Waals surface area contributed by atoms with Gasteiger partial charge in [-0.3, -0.25) is 4.79 Å². The molecule has 104 valence electrons. The fourth-order valence-electron chi connectivity index (χ4n) is 2.44. The van der Waals surface area contributed by atoms with Crippen LogP contribution >= 0.6 is 0 Å². The van der Waals surface area contributed by atoms with E-state index >= 15 is 0 Å². The minimum absolute atomic E-state index is 0.319. The predicted molar refractivity (Wildman–Crippen MR) is 77.6 cm³/mol. The summed E-state index contributed by atoms with van der Waals surface area (Å²) in [5, 5.41) is 0. The average molecular weight is 251 g/mol. The van der Waals surface area contributed by atoms with Crippen LogP contribution < -0.4 is 0 Å². The third-order valence-electron chi connectivity index (χ3n) is 3.67. The first kappa shape index (κ1) is 15.3. The summed E-state index contributed by atoms with van der Waals surface area (Å²) in [5.74, 6) is 0.319. The second kappa shape index (κ2) is 9.18. The highest BCUT2D eigenvalue weighted by Crippen LogP contribution is 2.17. The molecular weight excluding hydrogens is 222 g/mol. The number of carbonyl (C=O) groups is 1. The van der Waals surface area contributed by atoms with Crippen molar-refractivity contribution in [2.45, 2.75) is 71.6 Å². The molecule has 0 saturated carbocycles. The number of likely N-dealkylation sites (tertiary alicyclic amines) is 1. The maximum Gasteiger partial charge on any atom is 0.249 e. The van der Waals surface area contributed by atoms with Crippen LogP contribution in [0, 0.1) is 0 Å². The van der Waals surface area contributed by atoms with Crippen molar-refractivity contribution in [3.05, 3.63) is 11.6 Å². The van der Waals surface area contributed by atoms with E-state index in [4.69, 9.17) is 0 Å². The van der Waals surface area contributed by atoms with Crippen LogP contribution in [0.2, 0.25) is 0 Å². The number of piperidine rings is 1. The first-order chi connectivity index (χ1) is 8.79. The zero-order valence-electron chi connectivity index (χ0n) is 12.2. The van der Waals surface area contributed by atoms with E-state index in [0.29, 0.717) is 5.91 Å². The standard InChI is InChI=1S/C16H29NO/c1-3-5-8-12-15(11-6-4-2)16(18)17-13-9-7-10-14-17/h12H,3-11,13-14H2,1-2H3/b15-12+. The van der Waals surface area contributed by atoms with Crippen molar-refractivity contribution < 1.29 is 4.79 Å². The van der Waals surface area contributed by atoms with Gasteiger partial charge in [0.05, 0.1) is 0 Å². The monoisotopic (exact) mass is 251 g/mol. The normalized spacial score (nSPS) is 17.0. The first-order valence-corrected chi connectivity index (χ1v) is 7.77. The molecule has 1 aliphatic rings. The predicted octanol–water partition coefficient (Wildman–Crippen LogP) is 4.31. The highest BCUT2D eigenvalue weighted by molar-refractivity contribution is 5.93. The molecule has 0 bridgehead atoms. The molecule has 1 rings (SSSR count). The third-order valence-corrected chi connectivity index (χ3v) is 3.67. The van der Waals surface area contributed by atoms with Gasteiger partial charge < -0.3 is 4.90 Å². The third kappa shape index (κ3) is 5.24. The molecule has 2 nitrogen and oxygen atoms in total. The molecule has 0 N–H and O–H groups in total. The lowest BCUT2D eigenvalue weighted by Gasteiger charge is -2.27. The molecule has 0 aliphatic carbocycles. The lowest BCUT2D eigenvalue weighted by Crippen LogP contribution is -2.36. The van der Waals surface area contributed by atoms with E-state index in [0.717, 1.165) is 37.9 Å². The number of carbonyl (C=O) groups excluding carboxylic acids is 1. The van der Waals surface area contributed by atoms with Crippen molar-refractivity contribution in [1.82, 2.24) is 4.90 Å². The molecule has 1 saturated heterocycles. The Morgan fingerprint density at radius 1 is 1.06 bits per heavy atom. The summed E-state index contributed by atoms with van der Waals surface area (Å²) in [5.41, 5.74) is 1.08. The van der Waals surface area contributed by atoms with E-state index in [-0.39, 0.29) is 0 Å². The van der Waals surface area contributed by atoms with Gasteiger partial charge in [0.1, 0.15) is 0 Å². The SMILES string of the molecule is CCCC/C=C(\CCCC)C(=O)N1CCCCC1. The minimum Gasteiger partial charge on any atom is -0.339 e. The molecule has 0 atom stereocenters. The minimum atomic E-state index is 0.319. The molecule has 18 heavy (non-hydrogen) atoms. The highest BCUT2D eigenvalue weighted by Gasteiger charge is 2.19. The number of rotatable bonds is 7. The van der Waals surface area contributed by atoms with Gasteiger partial charge in [-0.25, -0.2) is 0 Å². The largest absolute Gasteiger partial charge is 0.339 e. The van der Waals surface area contributed by atoms with Gasteiger partial charge >= 0.3 is 0 Å². The molecular formula is C16H29NO. The Balaban J connectivity index is 2.55. The number of hydrogen-bond donors (Lipinski definition) is 0. The number of hydrogen-bond acceptors (Lipinski definition) is 1. The summed E-state index contributed by atoms with van der Waals surface area (Å²) in [7, 11) is 0. The molecule has 0 aromatic heterocycles. The van der Waals surface area contributed by atoms with Gasteiger partial charge in [0.15, 0.2) is 0 Å². The van der Waals surface area contributed by atoms with Gasteiger partial charge in [-0.15, -0.1) is 0 Å². The molecule has 0 aromatic rings. The van der Waals surface area contributed by atoms with E-state index in [1.54, 1.807) is 0 Å². The van der Waals surface area contributed by atoms with Crippen LogP contribution in [-0.2, 0) is 4.79 Å². The summed E-state index contributed by atoms with van der Waals surface area (Å²) in [6.07, 6.45) is 12.6. The van der Waals surface area contributed by atoms with E-state index in [9.17, 15) is 4.79 Å². The molecule has 1 aliphatic heterocycles. The van der Waals surface area contributed by atoms with Crippen LogP contribution in [0.1, 0.15) is 71.6 Å². The second-order valence-electron chi connectivity index (χ2n) is 5.33. The van der Waals surface area contributed by atoms with Crippen LogP contribution in [0.25, 0.3) is 0 Å². The molecule has 2 heteroatoms. The Kier molecular flexibility index (Phi) is 7.79. The fraction of sp³-hybridized carbons (Fsp3) is 0.812. The molecule has 1 fully saturated rings. The van der Waals surface area contributed by atoms with E-state index < -0.39 is 0 Å². The quantitative estimate of drug-likeness (QED) is 0.488. The Morgan fingerprint density at radius 3 is 2.33 bits per heavy atom. The van der Waals surface area contributed by atoms with Gasteiger partial charge in [-0.05, 0) is 38.5 Å². The molecule has 1 amide bonds. The Hall–Kier alpha value is -0.790. The average Bonchev–Trinajstić information content (AvgIpc) is 2.43. The zero-order chi connectivity index (χ0) is 13.2. The van der Waals surface area contributed by atoms with Crippen molar-refractivity contribution in [2.24, 2.45) is 0 Å². The van der Waals surface area contributed by atoms with Crippen LogP contribution in [0.15, 0.2) is 11.6 Å². The maximum atomic E-state index is 12.5. The molecule has 0 unspecified atom stereocenters. The number of allylic oxidation sites excluding steroid dienone is 1. The molecule has 1 heterocycles. The maximum absolute atomic E-state index is 12.5. The number of amides is 1. The lowest BCUT2D eigenvalue weighted by atomic mass is 10.0. The van der Waals surface area contributed by atoms with Gasteiger partial charge in [-0.1, -0.05) is 39.2 Å². The van der Waals surface area contributed by atoms with Crippen molar-refractivity contribution in [2.75, 3.05) is 13.1 Å². The van der Waals surface area contributed by atoms with Crippen LogP contribution in [0.4, 0.5) is 0 Å². The van der Waals surface area contributed by atoms with Crippen molar-refractivity contribution in [3.63, 3.8) is 0 Å². The van der Waals surface area contributed by atoms with Crippen LogP contribution in [-0.4, -0.2) is 23.9 Å². The Morgan fingerprint density at radius 2 is 1.72 bits per heavy atom. The summed E-state index contributed by atoms with van der Waals surface area (Å²) >= 11 is 0. The highest BCUT2D eigenvalue weighted by atomic mass is 16.2. The second-order valence-corrected chi connectivity index (χ2v) is 5.33. The number of unbranched alkanes of at least 4 members (excludes halogenated alkanes) is 3. The summed E-state index contributed by atoms with van der Waals surface area (Å²) in [6, 6.07) is 0. The first-order valence-electron chi connectivity index (χ1n) is 7.77. The van der Waals surface area contributed by atoms with Crippen LogP contribution in [0.5, 0.6) is 0 Å². The van der Waals surface area contributed by atoms with Gasteiger partial charge in [0, 0.05) is 18.7 Å². The van der Waals surface area contributed by atoms with Gasteiger partial charge in [-0.2, -0.15) is 0 Å². The van der Waals surface area contributed by atoms with Gasteiger partial charge in [0.2, 0.25) is 5.91 Å². The fourth-order valence-corrected chi connectivity index (χ4v) is 2.44. The van der Waals surface area contributed by atoms with Gasteiger partial charge in [0.25, 0.3) is 0 Å².